The zero-order valence-electron chi connectivity index (χ0n) is 11.9. The van der Waals surface area contributed by atoms with Crippen molar-refractivity contribution in [3.63, 3.8) is 0 Å². The summed E-state index contributed by atoms with van der Waals surface area (Å²) in [5.41, 5.74) is 1.07. The zero-order chi connectivity index (χ0) is 13.7. The Labute approximate surface area is 121 Å². The van der Waals surface area contributed by atoms with E-state index >= 15 is 0 Å². The molecular weight excluding hydrogens is 258 g/mol. The van der Waals surface area contributed by atoms with Crippen molar-refractivity contribution >= 4 is 11.6 Å². The zero-order valence-corrected chi connectivity index (χ0v) is 12.7. The molecule has 0 aliphatic carbocycles. The smallest absolute Gasteiger partial charge is 0.0928 e. The molecule has 2 nitrogen and oxygen atoms in total. The van der Waals surface area contributed by atoms with Crippen molar-refractivity contribution in [2.75, 3.05) is 20.2 Å². The van der Waals surface area contributed by atoms with Gasteiger partial charge in [0, 0.05) is 12.1 Å². The highest BCUT2D eigenvalue weighted by atomic mass is 35.5. The first-order valence-corrected chi connectivity index (χ1v) is 7.60. The van der Waals surface area contributed by atoms with E-state index in [4.69, 9.17) is 16.3 Å². The molecule has 0 amide bonds. The lowest BCUT2D eigenvalue weighted by Gasteiger charge is -2.37. The molecule has 0 spiro atoms. The Balaban J connectivity index is 2.18. The van der Waals surface area contributed by atoms with Gasteiger partial charge in [0.2, 0.25) is 0 Å². The second kappa shape index (κ2) is 6.74. The highest BCUT2D eigenvalue weighted by molar-refractivity contribution is 6.30. The minimum atomic E-state index is -0.172. The van der Waals surface area contributed by atoms with Gasteiger partial charge in [0.1, 0.15) is 0 Å². The van der Waals surface area contributed by atoms with Crippen molar-refractivity contribution in [1.82, 2.24) is 5.32 Å². The summed E-state index contributed by atoms with van der Waals surface area (Å²) in [7, 11) is 1.83. The molecule has 0 bridgehead atoms. The van der Waals surface area contributed by atoms with Gasteiger partial charge in [0.25, 0.3) is 0 Å². The van der Waals surface area contributed by atoms with Crippen LogP contribution in [0.5, 0.6) is 0 Å². The molecule has 1 aliphatic heterocycles. The van der Waals surface area contributed by atoms with Crippen LogP contribution in [0.15, 0.2) is 24.3 Å². The van der Waals surface area contributed by atoms with Crippen LogP contribution in [0.2, 0.25) is 5.02 Å². The third-order valence-corrected chi connectivity index (χ3v) is 4.60. The van der Waals surface area contributed by atoms with E-state index in [2.05, 4.69) is 24.4 Å². The lowest BCUT2D eigenvalue weighted by molar-refractivity contribution is -0.0403. The monoisotopic (exact) mass is 281 g/mol. The normalized spacial score (nSPS) is 23.0. The van der Waals surface area contributed by atoms with Gasteiger partial charge in [0.05, 0.1) is 5.60 Å². The largest absolute Gasteiger partial charge is 0.374 e. The number of methoxy groups -OCH3 is 1. The Kier molecular flexibility index (Phi) is 5.26. The molecule has 2 rings (SSSR count). The average molecular weight is 282 g/mol. The predicted molar refractivity (Wildman–Crippen MR) is 80.6 cm³/mol. The van der Waals surface area contributed by atoms with Gasteiger partial charge in [-0.05, 0) is 62.4 Å². The molecule has 1 aromatic carbocycles. The van der Waals surface area contributed by atoms with E-state index in [1.807, 2.05) is 19.2 Å². The topological polar surface area (TPSA) is 21.3 Å². The number of hydrogen-bond donors (Lipinski definition) is 1. The van der Waals surface area contributed by atoms with Crippen LogP contribution in [0.3, 0.4) is 0 Å². The van der Waals surface area contributed by atoms with Gasteiger partial charge in [-0.25, -0.2) is 0 Å². The number of nitrogens with one attached hydrogen (secondary N) is 1. The van der Waals surface area contributed by atoms with Crippen LogP contribution in [-0.4, -0.2) is 20.2 Å². The number of benzene rings is 1. The summed E-state index contributed by atoms with van der Waals surface area (Å²) < 4.78 is 5.94. The lowest BCUT2D eigenvalue weighted by atomic mass is 9.80. The third kappa shape index (κ3) is 3.50. The second-order valence-corrected chi connectivity index (χ2v) is 5.91. The van der Waals surface area contributed by atoms with Gasteiger partial charge in [-0.15, -0.1) is 0 Å². The molecule has 1 aliphatic rings. The Morgan fingerprint density at radius 1 is 1.37 bits per heavy atom. The standard InChI is InChI=1S/C16H24ClNO/c1-3-16(19-2,11-13-5-4-10-18-12-13)14-6-8-15(17)9-7-14/h6-9,13,18H,3-5,10-12H2,1-2H3. The number of piperidine rings is 1. The van der Waals surface area contributed by atoms with Crippen LogP contribution in [0.4, 0.5) is 0 Å². The highest BCUT2D eigenvalue weighted by Crippen LogP contribution is 2.37. The minimum Gasteiger partial charge on any atom is -0.374 e. The van der Waals surface area contributed by atoms with E-state index in [0.717, 1.165) is 31.0 Å². The van der Waals surface area contributed by atoms with Gasteiger partial charge in [-0.1, -0.05) is 30.7 Å². The summed E-state index contributed by atoms with van der Waals surface area (Å²) in [5.74, 6) is 0.698. The molecular formula is C16H24ClNO. The van der Waals surface area contributed by atoms with Gasteiger partial charge in [-0.3, -0.25) is 0 Å². The summed E-state index contributed by atoms with van der Waals surface area (Å²) >= 11 is 5.99. The number of rotatable bonds is 5. The van der Waals surface area contributed by atoms with E-state index in [1.165, 1.54) is 18.4 Å². The number of ether oxygens (including phenoxy) is 1. The van der Waals surface area contributed by atoms with E-state index in [0.29, 0.717) is 5.92 Å². The van der Waals surface area contributed by atoms with Gasteiger partial charge in [-0.2, -0.15) is 0 Å². The van der Waals surface area contributed by atoms with Crippen LogP contribution in [-0.2, 0) is 10.3 Å². The molecule has 1 heterocycles. The highest BCUT2D eigenvalue weighted by Gasteiger charge is 2.33. The summed E-state index contributed by atoms with van der Waals surface area (Å²) in [4.78, 5) is 0. The maximum absolute atomic E-state index is 5.99. The van der Waals surface area contributed by atoms with E-state index in [9.17, 15) is 0 Å². The van der Waals surface area contributed by atoms with Gasteiger partial charge >= 0.3 is 0 Å². The molecule has 106 valence electrons. The maximum atomic E-state index is 5.99. The minimum absolute atomic E-state index is 0.172. The number of halogens is 1. The fourth-order valence-corrected chi connectivity index (χ4v) is 3.26. The first-order chi connectivity index (χ1) is 9.20. The fourth-order valence-electron chi connectivity index (χ4n) is 3.13. The van der Waals surface area contributed by atoms with Crippen molar-refractivity contribution < 1.29 is 4.74 Å². The van der Waals surface area contributed by atoms with Crippen LogP contribution in [0, 0.1) is 5.92 Å². The molecule has 0 radical (unpaired) electrons. The number of hydrogen-bond acceptors (Lipinski definition) is 2. The second-order valence-electron chi connectivity index (χ2n) is 5.48. The van der Waals surface area contributed by atoms with E-state index in [-0.39, 0.29) is 5.60 Å². The summed E-state index contributed by atoms with van der Waals surface area (Å²) in [5, 5.41) is 4.27. The molecule has 1 N–H and O–H groups in total. The fraction of sp³-hybridized carbons (Fsp3) is 0.625. The Morgan fingerprint density at radius 2 is 2.11 bits per heavy atom. The Morgan fingerprint density at radius 3 is 2.63 bits per heavy atom. The van der Waals surface area contributed by atoms with E-state index < -0.39 is 0 Å². The molecule has 19 heavy (non-hydrogen) atoms. The van der Waals surface area contributed by atoms with Crippen molar-refractivity contribution in [2.24, 2.45) is 5.92 Å². The van der Waals surface area contributed by atoms with Crippen LogP contribution >= 0.6 is 11.6 Å². The summed E-state index contributed by atoms with van der Waals surface area (Å²) in [6, 6.07) is 8.12. The molecule has 1 aromatic rings. The van der Waals surface area contributed by atoms with Crippen LogP contribution < -0.4 is 5.32 Å². The van der Waals surface area contributed by atoms with Crippen molar-refractivity contribution in [1.29, 1.82) is 0 Å². The molecule has 1 saturated heterocycles. The van der Waals surface area contributed by atoms with Crippen molar-refractivity contribution in [2.45, 2.75) is 38.2 Å². The lowest BCUT2D eigenvalue weighted by Crippen LogP contribution is -2.37. The molecule has 3 heteroatoms. The molecule has 0 saturated carbocycles. The van der Waals surface area contributed by atoms with Crippen LogP contribution in [0.1, 0.15) is 38.2 Å². The molecule has 2 atom stereocenters. The first-order valence-electron chi connectivity index (χ1n) is 7.22. The van der Waals surface area contributed by atoms with Gasteiger partial charge in [0.15, 0.2) is 0 Å². The molecule has 1 fully saturated rings. The maximum Gasteiger partial charge on any atom is 0.0928 e. The summed E-state index contributed by atoms with van der Waals surface area (Å²) in [6.45, 7) is 4.47. The quantitative estimate of drug-likeness (QED) is 0.881. The third-order valence-electron chi connectivity index (χ3n) is 4.35. The van der Waals surface area contributed by atoms with Gasteiger partial charge < -0.3 is 10.1 Å². The average Bonchev–Trinajstić information content (AvgIpc) is 2.47. The van der Waals surface area contributed by atoms with Crippen LogP contribution in [0.25, 0.3) is 0 Å². The molecule has 2 unspecified atom stereocenters. The van der Waals surface area contributed by atoms with Crippen molar-refractivity contribution in [3.8, 4) is 0 Å². The van der Waals surface area contributed by atoms with E-state index in [1.54, 1.807) is 0 Å². The molecule has 0 aromatic heterocycles. The summed E-state index contributed by atoms with van der Waals surface area (Å²) in [6.07, 6.45) is 4.64. The Hall–Kier alpha value is -0.570. The first kappa shape index (κ1) is 14.8. The Bertz CT molecular complexity index is 380. The predicted octanol–water partition coefficient (Wildman–Crippen LogP) is 3.98. The van der Waals surface area contributed by atoms with Crippen molar-refractivity contribution in [3.05, 3.63) is 34.9 Å². The SMILES string of the molecule is CCC(CC1CCCNC1)(OC)c1ccc(Cl)cc1.